The molecule has 1 fully saturated rings. The smallest absolute Gasteiger partial charge is 0.235 e. The second-order valence-corrected chi connectivity index (χ2v) is 12.4. The van der Waals surface area contributed by atoms with Crippen LogP contribution < -0.4 is 29.6 Å². The molecule has 5 rings (SSSR count). The summed E-state index contributed by atoms with van der Waals surface area (Å²) >= 11 is 0. The first-order valence-corrected chi connectivity index (χ1v) is 16.7. The second-order valence-electron chi connectivity index (χ2n) is 12.4. The molecule has 0 radical (unpaired) electrons. The molecule has 0 spiro atoms. The number of carbonyl (C=O) groups excluding carboxylic acids is 3. The molecule has 1 saturated carbocycles. The van der Waals surface area contributed by atoms with Crippen LogP contribution in [-0.2, 0) is 21.0 Å². The minimum atomic E-state index is -1.82. The van der Waals surface area contributed by atoms with E-state index in [9.17, 15) is 19.5 Å². The van der Waals surface area contributed by atoms with Crippen LogP contribution >= 0.6 is 0 Å². The molecule has 50 heavy (non-hydrogen) atoms. The van der Waals surface area contributed by atoms with Crippen LogP contribution in [-0.4, -0.2) is 48.6 Å². The number of anilines is 2. The average molecular weight is 681 g/mol. The van der Waals surface area contributed by atoms with Gasteiger partial charge in [0.15, 0.2) is 11.5 Å². The Balaban J connectivity index is 1.57. The van der Waals surface area contributed by atoms with E-state index in [4.69, 9.17) is 18.9 Å². The maximum Gasteiger partial charge on any atom is 0.235 e. The van der Waals surface area contributed by atoms with Crippen LogP contribution in [0.25, 0.3) is 0 Å². The Hall–Kier alpha value is -5.35. The van der Waals surface area contributed by atoms with Crippen molar-refractivity contribution in [2.45, 2.75) is 52.2 Å². The summed E-state index contributed by atoms with van der Waals surface area (Å²) in [6.45, 7) is 8.14. The number of benzene rings is 4. The molecule has 0 saturated heterocycles. The first-order chi connectivity index (χ1) is 24.1. The maximum absolute atomic E-state index is 14.4. The molecule has 4 aromatic carbocycles. The Labute approximate surface area is 292 Å². The Morgan fingerprint density at radius 3 is 1.96 bits per heavy atom. The van der Waals surface area contributed by atoms with Crippen LogP contribution in [0.2, 0.25) is 0 Å². The summed E-state index contributed by atoms with van der Waals surface area (Å²) in [5, 5.41) is 17.6. The van der Waals surface area contributed by atoms with Crippen molar-refractivity contribution in [3.05, 3.63) is 108 Å². The van der Waals surface area contributed by atoms with E-state index >= 15 is 0 Å². The molecular formula is C40H44N2O8. The molecule has 10 nitrogen and oxygen atoms in total. The van der Waals surface area contributed by atoms with E-state index in [1.54, 1.807) is 66.7 Å². The summed E-state index contributed by atoms with van der Waals surface area (Å²) in [6, 6.07) is 26.8. The number of carbonyl (C=O) groups is 3. The van der Waals surface area contributed by atoms with Gasteiger partial charge in [-0.15, -0.1) is 0 Å². The zero-order chi connectivity index (χ0) is 35.8. The maximum atomic E-state index is 14.4. The summed E-state index contributed by atoms with van der Waals surface area (Å²) in [6.07, 6.45) is -0.422. The molecule has 4 aromatic rings. The third-order valence-electron chi connectivity index (χ3n) is 8.94. The normalized spacial score (nSPS) is 20.0. The zero-order valence-corrected chi connectivity index (χ0v) is 29.0. The number of aryl methyl sites for hydroxylation is 1. The van der Waals surface area contributed by atoms with E-state index in [1.807, 2.05) is 45.0 Å². The molecule has 0 aliphatic heterocycles. The van der Waals surface area contributed by atoms with Crippen molar-refractivity contribution in [3.63, 3.8) is 0 Å². The standard InChI is InChI=1S/C40H44N2O8/c1-6-48-31-18-12-10-16-28(31)41-38(44)36-30(43)23-40(4,46)37(39(45)42-29-17-11-13-19-32(29)49-7-2)35(36)26-20-21-33(34(22-26)47-5)50-24-27-15-9-8-14-25(27)3/h8-22,35-37,46H,6-7,23-24H2,1-5H3,(H,41,44)(H,42,45). The van der Waals surface area contributed by atoms with E-state index in [1.165, 1.54) is 14.0 Å². The molecule has 0 bridgehead atoms. The number of nitrogens with one attached hydrogen (secondary N) is 2. The van der Waals surface area contributed by atoms with Crippen molar-refractivity contribution < 1.29 is 38.4 Å². The summed E-state index contributed by atoms with van der Waals surface area (Å²) in [5.41, 5.74) is 1.48. The summed E-state index contributed by atoms with van der Waals surface area (Å²) in [7, 11) is 1.49. The topological polar surface area (TPSA) is 132 Å². The Morgan fingerprint density at radius 2 is 1.36 bits per heavy atom. The fraction of sp³-hybridized carbons (Fsp3) is 0.325. The number of hydrogen-bond acceptors (Lipinski definition) is 8. The first-order valence-electron chi connectivity index (χ1n) is 16.7. The SMILES string of the molecule is CCOc1ccccc1NC(=O)C1C(=O)CC(C)(O)C(C(=O)Nc2ccccc2OCC)C1c1ccc(OCc2ccccc2C)c(OC)c1. The highest BCUT2D eigenvalue weighted by Crippen LogP contribution is 2.48. The number of para-hydroxylation sites is 4. The van der Waals surface area contributed by atoms with Crippen molar-refractivity contribution in [1.82, 2.24) is 0 Å². The van der Waals surface area contributed by atoms with Gasteiger partial charge in [0.2, 0.25) is 11.8 Å². The molecule has 4 unspecified atom stereocenters. The first kappa shape index (κ1) is 35.9. The number of Topliss-reactive ketones (excluding diaryl/α,β-unsaturated/α-hetero) is 1. The lowest BCUT2D eigenvalue weighted by molar-refractivity contribution is -0.150. The second kappa shape index (κ2) is 15.9. The van der Waals surface area contributed by atoms with Gasteiger partial charge in [-0.3, -0.25) is 14.4 Å². The molecule has 0 heterocycles. The predicted octanol–water partition coefficient (Wildman–Crippen LogP) is 6.70. The van der Waals surface area contributed by atoms with E-state index in [-0.39, 0.29) is 6.61 Å². The van der Waals surface area contributed by atoms with Gasteiger partial charge in [0, 0.05) is 12.3 Å². The van der Waals surface area contributed by atoms with Gasteiger partial charge in [0.1, 0.15) is 29.8 Å². The lowest BCUT2D eigenvalue weighted by atomic mass is 9.61. The van der Waals surface area contributed by atoms with Gasteiger partial charge in [-0.25, -0.2) is 0 Å². The fourth-order valence-corrected chi connectivity index (χ4v) is 6.55. The van der Waals surface area contributed by atoms with Crippen LogP contribution in [0.3, 0.4) is 0 Å². The lowest BCUT2D eigenvalue weighted by Gasteiger charge is -2.44. The number of hydrogen-bond donors (Lipinski definition) is 3. The van der Waals surface area contributed by atoms with Crippen molar-refractivity contribution in [2.75, 3.05) is 31.0 Å². The number of rotatable bonds is 13. The molecule has 3 N–H and O–H groups in total. The van der Waals surface area contributed by atoms with Gasteiger partial charge >= 0.3 is 0 Å². The number of ketones is 1. The van der Waals surface area contributed by atoms with Crippen molar-refractivity contribution in [3.8, 4) is 23.0 Å². The van der Waals surface area contributed by atoms with Gasteiger partial charge in [0.25, 0.3) is 0 Å². The van der Waals surface area contributed by atoms with Crippen LogP contribution in [0.15, 0.2) is 91.0 Å². The van der Waals surface area contributed by atoms with Gasteiger partial charge in [-0.1, -0.05) is 54.6 Å². The number of aliphatic hydroxyl groups is 1. The van der Waals surface area contributed by atoms with Gasteiger partial charge in [-0.05, 0) is 80.8 Å². The van der Waals surface area contributed by atoms with Crippen LogP contribution in [0.5, 0.6) is 23.0 Å². The molecule has 4 atom stereocenters. The predicted molar refractivity (Wildman–Crippen MR) is 191 cm³/mol. The van der Waals surface area contributed by atoms with E-state index in [2.05, 4.69) is 10.6 Å². The molecule has 10 heteroatoms. The van der Waals surface area contributed by atoms with Crippen LogP contribution in [0.1, 0.15) is 49.8 Å². The average Bonchev–Trinajstić information content (AvgIpc) is 3.09. The van der Waals surface area contributed by atoms with Crippen molar-refractivity contribution in [2.24, 2.45) is 11.8 Å². The van der Waals surface area contributed by atoms with Gasteiger partial charge in [-0.2, -0.15) is 0 Å². The number of amides is 2. The molecular weight excluding hydrogens is 636 g/mol. The minimum Gasteiger partial charge on any atom is -0.493 e. The van der Waals surface area contributed by atoms with Crippen molar-refractivity contribution >= 4 is 29.0 Å². The monoisotopic (exact) mass is 680 g/mol. The Bertz CT molecular complexity index is 1840. The van der Waals surface area contributed by atoms with Crippen LogP contribution in [0.4, 0.5) is 11.4 Å². The van der Waals surface area contributed by atoms with Crippen molar-refractivity contribution in [1.29, 1.82) is 0 Å². The van der Waals surface area contributed by atoms with Gasteiger partial charge in [0.05, 0.1) is 43.2 Å². The van der Waals surface area contributed by atoms with E-state index in [0.717, 1.165) is 11.1 Å². The minimum absolute atomic E-state index is 0.285. The summed E-state index contributed by atoms with van der Waals surface area (Å²) in [4.78, 5) is 42.5. The molecule has 1 aliphatic rings. The highest BCUT2D eigenvalue weighted by atomic mass is 16.5. The van der Waals surface area contributed by atoms with Gasteiger partial charge < -0.3 is 34.7 Å². The largest absolute Gasteiger partial charge is 0.493 e. The summed E-state index contributed by atoms with van der Waals surface area (Å²) in [5.74, 6) is -3.77. The van der Waals surface area contributed by atoms with Crippen LogP contribution in [0, 0.1) is 18.8 Å². The zero-order valence-electron chi connectivity index (χ0n) is 29.0. The van der Waals surface area contributed by atoms with E-state index < -0.39 is 47.4 Å². The number of methoxy groups -OCH3 is 1. The third-order valence-corrected chi connectivity index (χ3v) is 8.94. The number of ether oxygens (including phenoxy) is 4. The fourth-order valence-electron chi connectivity index (χ4n) is 6.55. The molecule has 0 aromatic heterocycles. The van der Waals surface area contributed by atoms with E-state index in [0.29, 0.717) is 53.2 Å². The molecule has 1 aliphatic carbocycles. The summed E-state index contributed by atoms with van der Waals surface area (Å²) < 4.78 is 23.3. The molecule has 262 valence electrons. The quantitative estimate of drug-likeness (QED) is 0.133. The highest BCUT2D eigenvalue weighted by Gasteiger charge is 2.56. The molecule has 2 amide bonds. The lowest BCUT2D eigenvalue weighted by Crippen LogP contribution is -2.56. The Kier molecular flexibility index (Phi) is 11.4. The third kappa shape index (κ3) is 7.92. The highest BCUT2D eigenvalue weighted by molar-refractivity contribution is 6.11. The Morgan fingerprint density at radius 1 is 0.780 bits per heavy atom.